The molecule has 192 valence electrons. The molecular weight excluding hydrogens is 410 g/mol. The Balaban J connectivity index is 1.64. The summed E-state index contributed by atoms with van der Waals surface area (Å²) < 4.78 is 0. The predicted molar refractivity (Wildman–Crippen MR) is 135 cm³/mol. The van der Waals surface area contributed by atoms with Crippen molar-refractivity contribution in [1.29, 1.82) is 0 Å². The highest BCUT2D eigenvalue weighted by Crippen LogP contribution is 2.75. The van der Waals surface area contributed by atoms with Gasteiger partial charge in [0.15, 0.2) is 0 Å². The molecule has 4 aliphatic rings. The summed E-state index contributed by atoms with van der Waals surface area (Å²) in [6, 6.07) is 0. The molecule has 0 bridgehead atoms. The summed E-state index contributed by atoms with van der Waals surface area (Å²) in [5.41, 5.74) is -0.391. The van der Waals surface area contributed by atoms with Crippen LogP contribution in [0.15, 0.2) is 0 Å². The lowest BCUT2D eigenvalue weighted by atomic mass is 9.35. The number of aliphatic hydroxyl groups excluding tert-OH is 2. The van der Waals surface area contributed by atoms with Crippen LogP contribution in [-0.4, -0.2) is 58.7 Å². The van der Waals surface area contributed by atoms with Crippen molar-refractivity contribution in [2.24, 2.45) is 45.3 Å². The molecule has 3 N–H and O–H groups in total. The van der Waals surface area contributed by atoms with Gasteiger partial charge in [0, 0.05) is 0 Å². The first-order valence-corrected chi connectivity index (χ1v) is 13.8. The lowest BCUT2D eigenvalue weighted by Gasteiger charge is -2.70. The Morgan fingerprint density at radius 1 is 0.879 bits per heavy atom. The van der Waals surface area contributed by atoms with Gasteiger partial charge < -0.3 is 20.2 Å². The zero-order chi connectivity index (χ0) is 24.6. The molecule has 0 amide bonds. The Morgan fingerprint density at radius 2 is 1.52 bits per heavy atom. The van der Waals surface area contributed by atoms with Gasteiger partial charge in [-0.25, -0.2) is 0 Å². The molecule has 10 atom stereocenters. The quantitative estimate of drug-likeness (QED) is 0.531. The van der Waals surface area contributed by atoms with E-state index >= 15 is 0 Å². The Hall–Kier alpha value is -0.160. The number of rotatable bonds is 5. The number of fused-ring (bicyclic) bond motifs is 5. The summed E-state index contributed by atoms with van der Waals surface area (Å²) in [7, 11) is 4.19. The summed E-state index contributed by atoms with van der Waals surface area (Å²) in [6.07, 6.45) is 8.56. The largest absolute Gasteiger partial charge is 0.393 e. The molecular formula is C29H53NO3. The van der Waals surface area contributed by atoms with E-state index in [0.29, 0.717) is 11.8 Å². The van der Waals surface area contributed by atoms with E-state index in [4.69, 9.17) is 0 Å². The van der Waals surface area contributed by atoms with E-state index in [1.54, 1.807) is 0 Å². The minimum Gasteiger partial charge on any atom is -0.393 e. The van der Waals surface area contributed by atoms with E-state index in [0.717, 1.165) is 51.5 Å². The second-order valence-electron chi connectivity index (χ2n) is 14.6. The number of hydrogen-bond acceptors (Lipinski definition) is 4. The Morgan fingerprint density at radius 3 is 2.15 bits per heavy atom. The van der Waals surface area contributed by atoms with Crippen molar-refractivity contribution in [2.45, 2.75) is 117 Å². The van der Waals surface area contributed by atoms with Crippen LogP contribution in [0.2, 0.25) is 0 Å². The van der Waals surface area contributed by atoms with Gasteiger partial charge in [0.25, 0.3) is 0 Å². The highest BCUT2D eigenvalue weighted by Gasteiger charge is 2.71. The molecule has 0 saturated heterocycles. The second-order valence-corrected chi connectivity index (χ2v) is 14.6. The molecule has 0 aromatic heterocycles. The predicted octanol–water partition coefficient (Wildman–Crippen LogP) is 5.10. The fraction of sp³-hybridized carbons (Fsp3) is 1.00. The monoisotopic (exact) mass is 463 g/mol. The minimum atomic E-state index is -0.722. The average molecular weight is 464 g/mol. The van der Waals surface area contributed by atoms with Crippen LogP contribution in [-0.2, 0) is 0 Å². The van der Waals surface area contributed by atoms with E-state index in [-0.39, 0.29) is 45.7 Å². The van der Waals surface area contributed by atoms with E-state index in [9.17, 15) is 15.3 Å². The highest BCUT2D eigenvalue weighted by molar-refractivity contribution is 5.19. The lowest BCUT2D eigenvalue weighted by molar-refractivity contribution is -0.246. The number of aliphatic hydroxyl groups is 3. The average Bonchev–Trinajstić information content (AvgIpc) is 3.08. The van der Waals surface area contributed by atoms with Crippen LogP contribution in [0.3, 0.4) is 0 Å². The van der Waals surface area contributed by atoms with Crippen molar-refractivity contribution in [3.63, 3.8) is 0 Å². The maximum atomic E-state index is 11.8. The molecule has 3 unspecified atom stereocenters. The van der Waals surface area contributed by atoms with Crippen molar-refractivity contribution in [3.8, 4) is 0 Å². The van der Waals surface area contributed by atoms with Crippen molar-refractivity contribution in [3.05, 3.63) is 0 Å². The molecule has 0 aromatic carbocycles. The van der Waals surface area contributed by atoms with E-state index in [2.05, 4.69) is 53.6 Å². The van der Waals surface area contributed by atoms with Gasteiger partial charge in [-0.05, 0) is 131 Å². The zero-order valence-corrected chi connectivity index (χ0v) is 22.8. The van der Waals surface area contributed by atoms with E-state index in [1.165, 1.54) is 12.8 Å². The van der Waals surface area contributed by atoms with Crippen LogP contribution in [0.4, 0.5) is 0 Å². The first-order chi connectivity index (χ1) is 15.1. The molecule has 4 saturated carbocycles. The normalized spacial score (nSPS) is 50.9. The van der Waals surface area contributed by atoms with Gasteiger partial charge in [-0.3, -0.25) is 0 Å². The third-order valence-corrected chi connectivity index (χ3v) is 12.5. The number of nitrogens with zero attached hydrogens (tertiary/aromatic N) is 1. The molecule has 0 heterocycles. The minimum absolute atomic E-state index is 0.0553. The molecule has 4 nitrogen and oxygen atoms in total. The Kier molecular flexibility index (Phi) is 6.43. The topological polar surface area (TPSA) is 63.9 Å². The van der Waals surface area contributed by atoms with Crippen molar-refractivity contribution in [2.75, 3.05) is 20.6 Å². The van der Waals surface area contributed by atoms with Crippen LogP contribution in [0.1, 0.15) is 99.3 Å². The summed E-state index contributed by atoms with van der Waals surface area (Å²) in [4.78, 5) is 2.19. The van der Waals surface area contributed by atoms with Crippen LogP contribution >= 0.6 is 0 Å². The molecule has 0 aromatic rings. The molecule has 4 fully saturated rings. The molecule has 4 aliphatic carbocycles. The Labute approximate surface area is 203 Å². The summed E-state index contributed by atoms with van der Waals surface area (Å²) in [6.45, 7) is 15.1. The second kappa shape index (κ2) is 8.18. The smallest absolute Gasteiger partial charge is 0.0652 e. The molecule has 33 heavy (non-hydrogen) atoms. The molecule has 4 rings (SSSR count). The van der Waals surface area contributed by atoms with Crippen molar-refractivity contribution < 1.29 is 15.3 Å². The van der Waals surface area contributed by atoms with Gasteiger partial charge >= 0.3 is 0 Å². The van der Waals surface area contributed by atoms with Gasteiger partial charge in [-0.1, -0.05) is 34.6 Å². The third kappa shape index (κ3) is 3.67. The summed E-state index contributed by atoms with van der Waals surface area (Å²) in [5, 5.41) is 34.3. The van der Waals surface area contributed by atoms with E-state index in [1.807, 2.05) is 6.92 Å². The summed E-state index contributed by atoms with van der Waals surface area (Å²) >= 11 is 0. The fourth-order valence-corrected chi connectivity index (χ4v) is 10.4. The highest BCUT2D eigenvalue weighted by atomic mass is 16.3. The first kappa shape index (κ1) is 25.9. The van der Waals surface area contributed by atoms with E-state index < -0.39 is 5.60 Å². The molecule has 0 radical (unpaired) electrons. The summed E-state index contributed by atoms with van der Waals surface area (Å²) in [5.74, 6) is 1.33. The van der Waals surface area contributed by atoms with Crippen molar-refractivity contribution >= 4 is 0 Å². The zero-order valence-electron chi connectivity index (χ0n) is 22.8. The number of hydrogen-bond donors (Lipinski definition) is 3. The van der Waals surface area contributed by atoms with Crippen LogP contribution in [0, 0.1) is 45.3 Å². The molecule has 4 heteroatoms. The molecule has 0 spiro atoms. The van der Waals surface area contributed by atoms with Gasteiger partial charge in [0.05, 0.1) is 17.8 Å². The maximum Gasteiger partial charge on any atom is 0.0652 e. The fourth-order valence-electron chi connectivity index (χ4n) is 10.4. The SMILES string of the molecule is CN(C)CCC[C@](C)(O)[C@H]1CC[C@]2(C)C1[C@H](O)CC1[C@@]3(C)CC[C@H](O)C(C)(C)C3CC[C@]12C. The first-order valence-electron chi connectivity index (χ1n) is 13.8. The van der Waals surface area contributed by atoms with Crippen LogP contribution < -0.4 is 0 Å². The van der Waals surface area contributed by atoms with Gasteiger partial charge in [0.1, 0.15) is 0 Å². The standard InChI is InChI=1S/C29H53NO3/c1-25(2)21-11-16-27(4)22(26(21,3)14-12-23(25)32)18-20(31)24-19(10-15-28(24,27)5)29(6,33)13-9-17-30(7)8/h19-24,31-33H,9-18H2,1-8H3/t19-,20+,21?,22?,23-,24?,26-,27+,28+,29-/m0/s1. The van der Waals surface area contributed by atoms with Crippen LogP contribution in [0.5, 0.6) is 0 Å². The Bertz CT molecular complexity index is 734. The van der Waals surface area contributed by atoms with Gasteiger partial charge in [-0.15, -0.1) is 0 Å². The maximum absolute atomic E-state index is 11.8. The van der Waals surface area contributed by atoms with Crippen LogP contribution in [0.25, 0.3) is 0 Å². The molecule has 0 aliphatic heterocycles. The van der Waals surface area contributed by atoms with Gasteiger partial charge in [-0.2, -0.15) is 0 Å². The van der Waals surface area contributed by atoms with Crippen molar-refractivity contribution in [1.82, 2.24) is 4.90 Å². The third-order valence-electron chi connectivity index (χ3n) is 12.5. The van der Waals surface area contributed by atoms with Gasteiger partial charge in [0.2, 0.25) is 0 Å². The lowest BCUT2D eigenvalue weighted by Crippen LogP contribution is -2.66.